The zero-order chi connectivity index (χ0) is 15.7. The van der Waals surface area contributed by atoms with Crippen LogP contribution in [0.3, 0.4) is 0 Å². The number of nitrogen functional groups attached to an aromatic ring is 1. The van der Waals surface area contributed by atoms with E-state index in [4.69, 9.17) is 17.3 Å². The first-order valence-corrected chi connectivity index (χ1v) is 7.08. The molecule has 0 saturated heterocycles. The molecule has 1 aliphatic rings. The van der Waals surface area contributed by atoms with Gasteiger partial charge in [0, 0.05) is 18.9 Å². The van der Waals surface area contributed by atoms with Gasteiger partial charge in [-0.05, 0) is 18.6 Å². The van der Waals surface area contributed by atoms with Gasteiger partial charge in [-0.15, -0.1) is 0 Å². The predicted molar refractivity (Wildman–Crippen MR) is 78.7 cm³/mol. The lowest BCUT2D eigenvalue weighted by molar-refractivity contribution is 0.00851. The summed E-state index contributed by atoms with van der Waals surface area (Å²) in [5.41, 5.74) is 6.08. The van der Waals surface area contributed by atoms with Crippen molar-refractivity contribution < 1.29 is 8.78 Å². The Morgan fingerprint density at radius 1 is 1.23 bits per heavy atom. The molecule has 9 heteroatoms. The minimum atomic E-state index is -2.65. The van der Waals surface area contributed by atoms with E-state index >= 15 is 0 Å². The predicted octanol–water partition coefficient (Wildman–Crippen LogP) is 2.77. The highest BCUT2D eigenvalue weighted by Gasteiger charge is 2.39. The first-order valence-electron chi connectivity index (χ1n) is 6.70. The number of alkyl halides is 2. The molecule has 3 rings (SSSR count). The molecule has 22 heavy (non-hydrogen) atoms. The monoisotopic (exact) mass is 326 g/mol. The van der Waals surface area contributed by atoms with Gasteiger partial charge < -0.3 is 11.1 Å². The van der Waals surface area contributed by atoms with Crippen LogP contribution in [0.5, 0.6) is 0 Å². The van der Waals surface area contributed by atoms with Gasteiger partial charge in [0.25, 0.3) is 0 Å². The number of anilines is 2. The van der Waals surface area contributed by atoms with Crippen molar-refractivity contribution in [3.8, 4) is 11.5 Å². The molecule has 1 atom stereocenters. The summed E-state index contributed by atoms with van der Waals surface area (Å²) in [5.74, 6) is -2.26. The average Bonchev–Trinajstić information content (AvgIpc) is 2.77. The molecule has 2 aromatic rings. The lowest BCUT2D eigenvalue weighted by Crippen LogP contribution is -2.21. The lowest BCUT2D eigenvalue weighted by atomic mass is 10.2. The van der Waals surface area contributed by atoms with Crippen LogP contribution >= 0.6 is 11.6 Å². The molecule has 0 spiro atoms. The summed E-state index contributed by atoms with van der Waals surface area (Å²) in [5, 5.41) is 3.17. The fourth-order valence-corrected chi connectivity index (χ4v) is 2.52. The molecule has 2 aromatic heterocycles. The van der Waals surface area contributed by atoms with Crippen LogP contribution in [0.1, 0.15) is 19.3 Å². The van der Waals surface area contributed by atoms with Crippen LogP contribution in [-0.4, -0.2) is 31.9 Å². The molecule has 1 aliphatic carbocycles. The van der Waals surface area contributed by atoms with E-state index in [-0.39, 0.29) is 30.6 Å². The third kappa shape index (κ3) is 3.38. The van der Waals surface area contributed by atoms with Crippen LogP contribution in [0.2, 0.25) is 5.15 Å². The van der Waals surface area contributed by atoms with Gasteiger partial charge in [0.05, 0.1) is 0 Å². The second kappa shape index (κ2) is 5.60. The van der Waals surface area contributed by atoms with E-state index < -0.39 is 12.0 Å². The van der Waals surface area contributed by atoms with Gasteiger partial charge in [-0.25, -0.2) is 13.8 Å². The van der Waals surface area contributed by atoms with Crippen molar-refractivity contribution in [3.05, 3.63) is 23.4 Å². The lowest BCUT2D eigenvalue weighted by Gasteiger charge is -2.13. The van der Waals surface area contributed by atoms with Crippen LogP contribution in [-0.2, 0) is 0 Å². The Morgan fingerprint density at radius 2 is 2.05 bits per heavy atom. The van der Waals surface area contributed by atoms with Gasteiger partial charge in [-0.3, -0.25) is 0 Å². The maximum absolute atomic E-state index is 13.2. The van der Waals surface area contributed by atoms with Crippen molar-refractivity contribution in [1.29, 1.82) is 0 Å². The molecule has 3 N–H and O–H groups in total. The van der Waals surface area contributed by atoms with Crippen LogP contribution in [0, 0.1) is 0 Å². The van der Waals surface area contributed by atoms with Crippen molar-refractivity contribution in [2.75, 3.05) is 11.1 Å². The standard InChI is InChI=1S/C13H13ClF2N6/c14-9-3-1-2-8(19-9)10-20-11(17)22-12(21-10)18-7-4-5-13(15,16)6-7/h1-3,7H,4-6H2,(H3,17,18,20,21,22). The molecule has 0 radical (unpaired) electrons. The highest BCUT2D eigenvalue weighted by atomic mass is 35.5. The molecule has 116 valence electrons. The van der Waals surface area contributed by atoms with E-state index in [1.165, 1.54) is 0 Å². The largest absolute Gasteiger partial charge is 0.368 e. The van der Waals surface area contributed by atoms with Gasteiger partial charge in [0.2, 0.25) is 17.8 Å². The first-order chi connectivity index (χ1) is 10.4. The number of pyridine rings is 1. The Balaban J connectivity index is 1.84. The maximum atomic E-state index is 13.2. The van der Waals surface area contributed by atoms with Crippen molar-refractivity contribution in [2.45, 2.75) is 31.2 Å². The first kappa shape index (κ1) is 14.8. The Kier molecular flexibility index (Phi) is 3.78. The van der Waals surface area contributed by atoms with E-state index in [0.29, 0.717) is 17.3 Å². The minimum Gasteiger partial charge on any atom is -0.368 e. The molecular weight excluding hydrogens is 314 g/mol. The summed E-state index contributed by atoms with van der Waals surface area (Å²) in [6.45, 7) is 0. The summed E-state index contributed by atoms with van der Waals surface area (Å²) < 4.78 is 26.4. The normalized spacial score (nSPS) is 20.0. The Morgan fingerprint density at radius 3 is 2.73 bits per heavy atom. The Labute approximate surface area is 130 Å². The quantitative estimate of drug-likeness (QED) is 0.843. The maximum Gasteiger partial charge on any atom is 0.250 e. The average molecular weight is 327 g/mol. The van der Waals surface area contributed by atoms with Gasteiger partial charge in [-0.2, -0.15) is 15.0 Å². The number of halogens is 3. The second-order valence-corrected chi connectivity index (χ2v) is 5.51. The minimum absolute atomic E-state index is 0.0148. The molecule has 6 nitrogen and oxygen atoms in total. The fraction of sp³-hybridized carbons (Fsp3) is 0.385. The zero-order valence-corrected chi connectivity index (χ0v) is 12.2. The van der Waals surface area contributed by atoms with Gasteiger partial charge in [0.1, 0.15) is 10.8 Å². The number of nitrogens with zero attached hydrogens (tertiary/aromatic N) is 4. The molecule has 1 saturated carbocycles. The van der Waals surface area contributed by atoms with E-state index in [1.807, 2.05) is 0 Å². The summed E-state index contributed by atoms with van der Waals surface area (Å²) >= 11 is 5.83. The van der Waals surface area contributed by atoms with E-state index in [1.54, 1.807) is 18.2 Å². The number of hydrogen-bond donors (Lipinski definition) is 2. The van der Waals surface area contributed by atoms with Crippen molar-refractivity contribution in [3.63, 3.8) is 0 Å². The van der Waals surface area contributed by atoms with Crippen molar-refractivity contribution in [1.82, 2.24) is 19.9 Å². The van der Waals surface area contributed by atoms with Gasteiger partial charge >= 0.3 is 0 Å². The van der Waals surface area contributed by atoms with Gasteiger partial charge in [0.15, 0.2) is 5.82 Å². The highest BCUT2D eigenvalue weighted by Crippen LogP contribution is 2.36. The summed E-state index contributed by atoms with van der Waals surface area (Å²) in [7, 11) is 0. The number of nitrogens with two attached hydrogens (primary N) is 1. The SMILES string of the molecule is Nc1nc(NC2CCC(F)(F)C2)nc(-c2cccc(Cl)n2)n1. The van der Waals surface area contributed by atoms with Crippen LogP contribution in [0.15, 0.2) is 18.2 Å². The molecule has 0 aliphatic heterocycles. The molecule has 2 heterocycles. The van der Waals surface area contributed by atoms with Crippen molar-refractivity contribution in [2.24, 2.45) is 0 Å². The second-order valence-electron chi connectivity index (χ2n) is 5.13. The third-order valence-electron chi connectivity index (χ3n) is 3.33. The number of nitrogens with one attached hydrogen (secondary N) is 1. The molecular formula is C13H13ClF2N6. The van der Waals surface area contributed by atoms with Gasteiger partial charge in [-0.1, -0.05) is 17.7 Å². The van der Waals surface area contributed by atoms with Crippen molar-refractivity contribution >= 4 is 23.5 Å². The molecule has 1 unspecified atom stereocenters. The van der Waals surface area contributed by atoms with Crippen LogP contribution in [0.25, 0.3) is 11.5 Å². The number of hydrogen-bond acceptors (Lipinski definition) is 6. The van der Waals surface area contributed by atoms with E-state index in [9.17, 15) is 8.78 Å². The van der Waals surface area contributed by atoms with Crippen LogP contribution < -0.4 is 11.1 Å². The topological polar surface area (TPSA) is 89.6 Å². The fourth-order valence-electron chi connectivity index (χ4n) is 2.36. The number of rotatable bonds is 3. The van der Waals surface area contributed by atoms with E-state index in [0.717, 1.165) is 0 Å². The summed E-state index contributed by atoms with van der Waals surface area (Å²) in [6.07, 6.45) is -0.0411. The van der Waals surface area contributed by atoms with E-state index in [2.05, 4.69) is 25.3 Å². The molecule has 0 bridgehead atoms. The third-order valence-corrected chi connectivity index (χ3v) is 3.54. The molecule has 0 amide bonds. The molecule has 0 aromatic carbocycles. The Bertz CT molecular complexity index is 696. The summed E-state index contributed by atoms with van der Waals surface area (Å²) in [4.78, 5) is 16.2. The molecule has 1 fully saturated rings. The Hall–Kier alpha value is -2.09. The summed E-state index contributed by atoms with van der Waals surface area (Å²) in [6, 6.07) is 4.61. The van der Waals surface area contributed by atoms with Crippen LogP contribution in [0.4, 0.5) is 20.7 Å². The highest BCUT2D eigenvalue weighted by molar-refractivity contribution is 6.29. The smallest absolute Gasteiger partial charge is 0.250 e. The number of aromatic nitrogens is 4. The zero-order valence-electron chi connectivity index (χ0n) is 11.4.